The molecule has 1 aliphatic heterocycles. The van der Waals surface area contributed by atoms with Gasteiger partial charge in [0, 0.05) is 13.2 Å². The molecule has 1 heterocycles. The number of nitrogens with one attached hydrogen (secondary N) is 1. The van der Waals surface area contributed by atoms with Crippen LogP contribution < -0.4 is 11.1 Å². The highest BCUT2D eigenvalue weighted by Crippen LogP contribution is 2.23. The second-order valence-electron chi connectivity index (χ2n) is 4.89. The lowest BCUT2D eigenvalue weighted by atomic mass is 10.1. The predicted octanol–water partition coefficient (Wildman–Crippen LogP) is 3.09. The molecule has 1 fully saturated rings. The minimum atomic E-state index is -0.256. The van der Waals surface area contributed by atoms with E-state index in [0.29, 0.717) is 17.4 Å². The predicted molar refractivity (Wildman–Crippen MR) is 72.2 cm³/mol. The highest BCUT2D eigenvalue weighted by atomic mass is 19.1. The standard InChI is InChI=1S/C14H21FN2O/c1-10-8-14(13(16)9-12(10)15)17-6-5-11-4-2-3-7-18-11/h8-9,11,17H,2-7,16H2,1H3. The summed E-state index contributed by atoms with van der Waals surface area (Å²) >= 11 is 0. The molecule has 1 aliphatic rings. The Morgan fingerprint density at radius 1 is 1.44 bits per heavy atom. The van der Waals surface area contributed by atoms with Crippen LogP contribution in [-0.4, -0.2) is 19.3 Å². The highest BCUT2D eigenvalue weighted by molar-refractivity contribution is 5.67. The molecule has 0 aliphatic carbocycles. The number of ether oxygens (including phenoxy) is 1. The lowest BCUT2D eigenvalue weighted by Gasteiger charge is -2.23. The fraction of sp³-hybridized carbons (Fsp3) is 0.571. The van der Waals surface area contributed by atoms with Gasteiger partial charge in [0.2, 0.25) is 0 Å². The van der Waals surface area contributed by atoms with E-state index in [9.17, 15) is 4.39 Å². The van der Waals surface area contributed by atoms with Crippen LogP contribution in [0.5, 0.6) is 0 Å². The molecule has 1 unspecified atom stereocenters. The topological polar surface area (TPSA) is 47.3 Å². The Kier molecular flexibility index (Phi) is 4.42. The summed E-state index contributed by atoms with van der Waals surface area (Å²) in [6, 6.07) is 3.13. The van der Waals surface area contributed by atoms with Crippen molar-refractivity contribution in [1.29, 1.82) is 0 Å². The Morgan fingerprint density at radius 3 is 3.00 bits per heavy atom. The van der Waals surface area contributed by atoms with Gasteiger partial charge >= 0.3 is 0 Å². The Morgan fingerprint density at radius 2 is 2.28 bits per heavy atom. The van der Waals surface area contributed by atoms with Crippen molar-refractivity contribution in [1.82, 2.24) is 0 Å². The summed E-state index contributed by atoms with van der Waals surface area (Å²) in [4.78, 5) is 0. The van der Waals surface area contributed by atoms with E-state index in [1.165, 1.54) is 18.9 Å². The van der Waals surface area contributed by atoms with Gasteiger partial charge in [0.15, 0.2) is 0 Å². The van der Waals surface area contributed by atoms with Gasteiger partial charge < -0.3 is 15.8 Å². The van der Waals surface area contributed by atoms with Crippen molar-refractivity contribution in [2.24, 2.45) is 0 Å². The smallest absolute Gasteiger partial charge is 0.128 e. The van der Waals surface area contributed by atoms with E-state index in [1.54, 1.807) is 13.0 Å². The maximum absolute atomic E-state index is 13.2. The zero-order valence-corrected chi connectivity index (χ0v) is 10.8. The van der Waals surface area contributed by atoms with Crippen LogP contribution >= 0.6 is 0 Å². The maximum Gasteiger partial charge on any atom is 0.128 e. The third kappa shape index (κ3) is 3.35. The van der Waals surface area contributed by atoms with E-state index >= 15 is 0 Å². The third-order valence-corrected chi connectivity index (χ3v) is 3.39. The normalized spacial score (nSPS) is 19.8. The summed E-state index contributed by atoms with van der Waals surface area (Å²) in [5.74, 6) is -0.256. The minimum absolute atomic E-state index is 0.256. The molecule has 0 radical (unpaired) electrons. The summed E-state index contributed by atoms with van der Waals surface area (Å²) in [5, 5.41) is 3.26. The van der Waals surface area contributed by atoms with Gasteiger partial charge in [0.1, 0.15) is 5.82 Å². The van der Waals surface area contributed by atoms with Gasteiger partial charge in [-0.1, -0.05) is 0 Å². The van der Waals surface area contributed by atoms with E-state index in [1.807, 2.05) is 0 Å². The van der Waals surface area contributed by atoms with Crippen molar-refractivity contribution >= 4 is 11.4 Å². The quantitative estimate of drug-likeness (QED) is 0.809. The van der Waals surface area contributed by atoms with Crippen LogP contribution in [-0.2, 0) is 4.74 Å². The molecule has 100 valence electrons. The third-order valence-electron chi connectivity index (χ3n) is 3.39. The monoisotopic (exact) mass is 252 g/mol. The van der Waals surface area contributed by atoms with Crippen molar-refractivity contribution < 1.29 is 9.13 Å². The van der Waals surface area contributed by atoms with Gasteiger partial charge in [-0.15, -0.1) is 0 Å². The van der Waals surface area contributed by atoms with E-state index in [-0.39, 0.29) is 5.82 Å². The molecular formula is C14H21FN2O. The van der Waals surface area contributed by atoms with Gasteiger partial charge in [-0.05, 0) is 50.3 Å². The number of halogens is 1. The number of anilines is 2. The number of nitrogen functional groups attached to an aromatic ring is 1. The van der Waals surface area contributed by atoms with Gasteiger partial charge in [0.05, 0.1) is 17.5 Å². The number of hydrogen-bond donors (Lipinski definition) is 2. The summed E-state index contributed by atoms with van der Waals surface area (Å²) in [6.07, 6.45) is 4.89. The second kappa shape index (κ2) is 6.05. The molecule has 3 nitrogen and oxygen atoms in total. The number of nitrogens with two attached hydrogens (primary N) is 1. The van der Waals surface area contributed by atoms with Crippen LogP contribution in [0, 0.1) is 12.7 Å². The average Bonchev–Trinajstić information content (AvgIpc) is 2.37. The van der Waals surface area contributed by atoms with Crippen molar-refractivity contribution in [2.45, 2.75) is 38.7 Å². The molecule has 0 aromatic heterocycles. The molecule has 1 saturated heterocycles. The van der Waals surface area contributed by atoms with Crippen LogP contribution in [0.1, 0.15) is 31.2 Å². The number of rotatable bonds is 4. The SMILES string of the molecule is Cc1cc(NCCC2CCCCO2)c(N)cc1F. The van der Waals surface area contributed by atoms with Crippen molar-refractivity contribution in [3.63, 3.8) is 0 Å². The van der Waals surface area contributed by atoms with Gasteiger partial charge in [-0.25, -0.2) is 4.39 Å². The van der Waals surface area contributed by atoms with Crippen molar-refractivity contribution in [3.05, 3.63) is 23.5 Å². The second-order valence-corrected chi connectivity index (χ2v) is 4.89. The lowest BCUT2D eigenvalue weighted by Crippen LogP contribution is -2.22. The molecular weight excluding hydrogens is 231 g/mol. The molecule has 18 heavy (non-hydrogen) atoms. The molecule has 0 bridgehead atoms. The summed E-state index contributed by atoms with van der Waals surface area (Å²) in [5.41, 5.74) is 7.66. The summed E-state index contributed by atoms with van der Waals surface area (Å²) < 4.78 is 18.9. The summed E-state index contributed by atoms with van der Waals surface area (Å²) in [7, 11) is 0. The zero-order chi connectivity index (χ0) is 13.0. The molecule has 0 amide bonds. The Bertz CT molecular complexity index is 403. The Labute approximate surface area is 108 Å². The highest BCUT2D eigenvalue weighted by Gasteiger charge is 2.13. The van der Waals surface area contributed by atoms with E-state index in [0.717, 1.165) is 31.7 Å². The molecule has 1 aromatic rings. The number of aryl methyl sites for hydroxylation is 1. The van der Waals surface area contributed by atoms with Crippen molar-refractivity contribution in [3.8, 4) is 0 Å². The first-order valence-corrected chi connectivity index (χ1v) is 6.58. The average molecular weight is 252 g/mol. The summed E-state index contributed by atoms with van der Waals surface area (Å²) in [6.45, 7) is 3.42. The molecule has 3 N–H and O–H groups in total. The van der Waals surface area contributed by atoms with Crippen LogP contribution in [0.2, 0.25) is 0 Å². The molecule has 2 rings (SSSR count). The molecule has 1 atom stereocenters. The fourth-order valence-electron chi connectivity index (χ4n) is 2.25. The van der Waals surface area contributed by atoms with Gasteiger partial charge in [-0.2, -0.15) is 0 Å². The molecule has 4 heteroatoms. The van der Waals surface area contributed by atoms with E-state index < -0.39 is 0 Å². The van der Waals surface area contributed by atoms with Gasteiger partial charge in [0.25, 0.3) is 0 Å². The van der Waals surface area contributed by atoms with Gasteiger partial charge in [-0.3, -0.25) is 0 Å². The van der Waals surface area contributed by atoms with Crippen LogP contribution in [0.4, 0.5) is 15.8 Å². The van der Waals surface area contributed by atoms with Crippen LogP contribution in [0.25, 0.3) is 0 Å². The number of benzene rings is 1. The number of hydrogen-bond acceptors (Lipinski definition) is 3. The molecule has 0 saturated carbocycles. The first-order valence-electron chi connectivity index (χ1n) is 6.58. The molecule has 1 aromatic carbocycles. The zero-order valence-electron chi connectivity index (χ0n) is 10.8. The fourth-order valence-corrected chi connectivity index (χ4v) is 2.25. The largest absolute Gasteiger partial charge is 0.397 e. The first-order chi connectivity index (χ1) is 8.66. The van der Waals surface area contributed by atoms with Crippen LogP contribution in [0.3, 0.4) is 0 Å². The van der Waals surface area contributed by atoms with Crippen LogP contribution in [0.15, 0.2) is 12.1 Å². The molecule has 0 spiro atoms. The lowest BCUT2D eigenvalue weighted by molar-refractivity contribution is 0.0134. The van der Waals surface area contributed by atoms with Crippen molar-refractivity contribution in [2.75, 3.05) is 24.2 Å². The Hall–Kier alpha value is -1.29. The minimum Gasteiger partial charge on any atom is -0.397 e. The van der Waals surface area contributed by atoms with E-state index in [4.69, 9.17) is 10.5 Å². The Balaban J connectivity index is 1.84. The first kappa shape index (κ1) is 13.1. The maximum atomic E-state index is 13.2. The van der Waals surface area contributed by atoms with E-state index in [2.05, 4.69) is 5.32 Å².